The average molecular weight is 436 g/mol. The van der Waals surface area contributed by atoms with E-state index >= 15 is 0 Å². The van der Waals surface area contributed by atoms with Gasteiger partial charge in [0.25, 0.3) is 0 Å². The molecule has 2 aromatic heterocycles. The number of aliphatic carboxylic acids is 1. The number of piperidine rings is 1. The molecule has 1 aliphatic heterocycles. The predicted molar refractivity (Wildman–Crippen MR) is 108 cm³/mol. The van der Waals surface area contributed by atoms with Gasteiger partial charge in [-0.3, -0.25) is 9.69 Å². The van der Waals surface area contributed by atoms with Gasteiger partial charge in [0.15, 0.2) is 0 Å². The summed E-state index contributed by atoms with van der Waals surface area (Å²) in [5.74, 6) is -0.708. The first kappa shape index (κ1) is 17.2. The highest BCUT2D eigenvalue weighted by Gasteiger charge is 2.36. The van der Waals surface area contributed by atoms with Crippen molar-refractivity contribution in [2.75, 3.05) is 6.54 Å². The van der Waals surface area contributed by atoms with Crippen LogP contribution in [0.25, 0.3) is 10.1 Å². The first-order valence-electron chi connectivity index (χ1n) is 8.35. The van der Waals surface area contributed by atoms with Crippen LogP contribution >= 0.6 is 38.6 Å². The molecule has 1 aliphatic rings. The van der Waals surface area contributed by atoms with E-state index in [2.05, 4.69) is 62.6 Å². The number of benzene rings is 1. The largest absolute Gasteiger partial charge is 0.480 e. The van der Waals surface area contributed by atoms with Gasteiger partial charge in [-0.2, -0.15) is 0 Å². The number of nitrogens with zero attached hydrogens (tertiary/aromatic N) is 1. The molecule has 3 aromatic rings. The van der Waals surface area contributed by atoms with Gasteiger partial charge in [-0.05, 0) is 69.8 Å². The van der Waals surface area contributed by atoms with E-state index in [0.717, 1.165) is 29.6 Å². The van der Waals surface area contributed by atoms with Gasteiger partial charge in [0.05, 0.1) is 9.83 Å². The minimum absolute atomic E-state index is 0.00569. The fraction of sp³-hybridized carbons (Fsp3) is 0.316. The van der Waals surface area contributed by atoms with E-state index in [4.69, 9.17) is 0 Å². The average Bonchev–Trinajstić information content (AvgIpc) is 3.23. The van der Waals surface area contributed by atoms with E-state index in [1.165, 1.54) is 20.5 Å². The number of hydrogen-bond donors (Lipinski definition) is 1. The van der Waals surface area contributed by atoms with Crippen molar-refractivity contribution in [1.29, 1.82) is 0 Å². The quantitative estimate of drug-likeness (QED) is 0.566. The summed E-state index contributed by atoms with van der Waals surface area (Å²) in [6.45, 7) is 0.821. The molecule has 1 aromatic carbocycles. The molecule has 1 N–H and O–H groups in total. The molecule has 25 heavy (non-hydrogen) atoms. The van der Waals surface area contributed by atoms with Crippen molar-refractivity contribution in [3.8, 4) is 0 Å². The maximum absolute atomic E-state index is 11.9. The smallest absolute Gasteiger partial charge is 0.320 e. The van der Waals surface area contributed by atoms with Crippen molar-refractivity contribution >= 4 is 54.7 Å². The van der Waals surface area contributed by atoms with E-state index in [9.17, 15) is 9.90 Å². The van der Waals surface area contributed by atoms with Crippen LogP contribution in [-0.4, -0.2) is 28.6 Å². The van der Waals surface area contributed by atoms with E-state index in [-0.39, 0.29) is 6.04 Å². The monoisotopic (exact) mass is 435 g/mol. The number of halogens is 1. The Morgan fingerprint density at radius 2 is 2.08 bits per heavy atom. The highest BCUT2D eigenvalue weighted by atomic mass is 79.9. The molecule has 3 heterocycles. The second-order valence-corrected chi connectivity index (χ2v) is 9.73. The van der Waals surface area contributed by atoms with Crippen LogP contribution in [0, 0.1) is 0 Å². The number of likely N-dealkylation sites (tertiary alicyclic amines) is 1. The number of carboxylic acids is 1. The molecular weight excluding hydrogens is 418 g/mol. The Kier molecular flexibility index (Phi) is 4.95. The Labute approximate surface area is 163 Å². The summed E-state index contributed by atoms with van der Waals surface area (Å²) in [7, 11) is 0. The van der Waals surface area contributed by atoms with Gasteiger partial charge in [0.2, 0.25) is 0 Å². The molecule has 1 saturated heterocycles. The number of carboxylic acid groups (broad SMARTS) is 1. The fourth-order valence-corrected chi connectivity index (χ4v) is 6.25. The highest BCUT2D eigenvalue weighted by molar-refractivity contribution is 9.11. The van der Waals surface area contributed by atoms with Gasteiger partial charge >= 0.3 is 5.97 Å². The molecule has 0 aliphatic carbocycles. The van der Waals surface area contributed by atoms with E-state index in [0.29, 0.717) is 0 Å². The maximum atomic E-state index is 11.9. The molecule has 2 unspecified atom stereocenters. The maximum Gasteiger partial charge on any atom is 0.320 e. The lowest BCUT2D eigenvalue weighted by Crippen LogP contribution is -2.46. The number of carbonyl (C=O) groups is 1. The van der Waals surface area contributed by atoms with Gasteiger partial charge in [-0.1, -0.05) is 24.6 Å². The topological polar surface area (TPSA) is 40.5 Å². The molecule has 0 saturated carbocycles. The lowest BCUT2D eigenvalue weighted by molar-refractivity contribution is -0.145. The van der Waals surface area contributed by atoms with Crippen LogP contribution < -0.4 is 0 Å². The molecular formula is C19H18BrNO2S2. The van der Waals surface area contributed by atoms with Crippen LogP contribution in [-0.2, 0) is 4.79 Å². The van der Waals surface area contributed by atoms with Gasteiger partial charge < -0.3 is 5.11 Å². The third kappa shape index (κ3) is 3.28. The van der Waals surface area contributed by atoms with Crippen LogP contribution in [0.15, 0.2) is 45.6 Å². The summed E-state index contributed by atoms with van der Waals surface area (Å²) in [5, 5.41) is 13.2. The summed E-state index contributed by atoms with van der Waals surface area (Å²) in [4.78, 5) is 15.3. The Hall–Kier alpha value is -1.21. The first-order chi connectivity index (χ1) is 12.1. The molecule has 0 spiro atoms. The van der Waals surface area contributed by atoms with Gasteiger partial charge in [0, 0.05) is 9.58 Å². The molecule has 6 heteroatoms. The highest BCUT2D eigenvalue weighted by Crippen LogP contribution is 2.42. The van der Waals surface area contributed by atoms with Crippen molar-refractivity contribution in [3.05, 3.63) is 56.0 Å². The summed E-state index contributed by atoms with van der Waals surface area (Å²) in [6.07, 6.45) is 2.76. The van der Waals surface area contributed by atoms with Gasteiger partial charge in [-0.15, -0.1) is 22.7 Å². The Morgan fingerprint density at radius 3 is 2.84 bits per heavy atom. The van der Waals surface area contributed by atoms with Crippen LogP contribution in [0.5, 0.6) is 0 Å². The van der Waals surface area contributed by atoms with Crippen molar-refractivity contribution < 1.29 is 9.90 Å². The normalized spacial score (nSPS) is 20.0. The van der Waals surface area contributed by atoms with Crippen molar-refractivity contribution in [1.82, 2.24) is 4.90 Å². The Balaban J connectivity index is 1.86. The summed E-state index contributed by atoms with van der Waals surface area (Å²) >= 11 is 7.00. The molecule has 0 radical (unpaired) electrons. The van der Waals surface area contributed by atoms with Crippen molar-refractivity contribution in [2.45, 2.75) is 31.3 Å². The van der Waals surface area contributed by atoms with Crippen LogP contribution in [0.4, 0.5) is 0 Å². The molecule has 0 amide bonds. The van der Waals surface area contributed by atoms with E-state index in [1.807, 2.05) is 0 Å². The SMILES string of the molecule is O=C(O)C1CCCCN1C(c1ccc(Br)s1)c1csc2ccccc12. The molecule has 3 nitrogen and oxygen atoms in total. The minimum atomic E-state index is -0.708. The van der Waals surface area contributed by atoms with Crippen molar-refractivity contribution in [2.24, 2.45) is 0 Å². The molecule has 2 atom stereocenters. The predicted octanol–water partition coefficient (Wildman–Crippen LogP) is 5.75. The van der Waals surface area contributed by atoms with Crippen LogP contribution in [0.2, 0.25) is 0 Å². The number of thiophene rings is 2. The number of hydrogen-bond acceptors (Lipinski definition) is 4. The second kappa shape index (κ2) is 7.19. The Morgan fingerprint density at radius 1 is 1.24 bits per heavy atom. The lowest BCUT2D eigenvalue weighted by Gasteiger charge is -2.38. The molecule has 130 valence electrons. The van der Waals surface area contributed by atoms with E-state index < -0.39 is 12.0 Å². The fourth-order valence-electron chi connectivity index (χ4n) is 3.71. The van der Waals surface area contributed by atoms with E-state index in [1.54, 1.807) is 22.7 Å². The third-order valence-corrected chi connectivity index (χ3v) is 7.49. The van der Waals surface area contributed by atoms with Crippen LogP contribution in [0.1, 0.15) is 35.7 Å². The summed E-state index contributed by atoms with van der Waals surface area (Å²) in [5.41, 5.74) is 1.23. The standard InChI is InChI=1S/C19H18BrNO2S2/c20-17-9-8-16(25-17)18(21-10-4-3-6-14(21)19(22)23)13-11-24-15-7-2-1-5-12(13)15/h1-2,5,7-9,11,14,18H,3-4,6,10H2,(H,22,23). The first-order valence-corrected chi connectivity index (χ1v) is 10.8. The third-order valence-electron chi connectivity index (χ3n) is 4.83. The Bertz CT molecular complexity index is 904. The zero-order chi connectivity index (χ0) is 17.4. The molecule has 4 rings (SSSR count). The minimum Gasteiger partial charge on any atom is -0.480 e. The molecule has 1 fully saturated rings. The lowest BCUT2D eigenvalue weighted by atomic mass is 9.95. The van der Waals surface area contributed by atoms with Crippen molar-refractivity contribution in [3.63, 3.8) is 0 Å². The zero-order valence-corrected chi connectivity index (χ0v) is 16.7. The van der Waals surface area contributed by atoms with Gasteiger partial charge in [-0.25, -0.2) is 0 Å². The van der Waals surface area contributed by atoms with Gasteiger partial charge in [0.1, 0.15) is 6.04 Å². The summed E-state index contributed by atoms with van der Waals surface area (Å²) in [6, 6.07) is 12.2. The second-order valence-electron chi connectivity index (χ2n) is 6.32. The van der Waals surface area contributed by atoms with Crippen LogP contribution in [0.3, 0.4) is 0 Å². The number of fused-ring (bicyclic) bond motifs is 1. The zero-order valence-electron chi connectivity index (χ0n) is 13.5. The molecule has 0 bridgehead atoms. The number of rotatable bonds is 4. The summed E-state index contributed by atoms with van der Waals surface area (Å²) < 4.78 is 2.33.